The van der Waals surface area contributed by atoms with E-state index in [0.29, 0.717) is 29.7 Å². The molecule has 1 aromatic carbocycles. The molecule has 4 nitrogen and oxygen atoms in total. The molecular weight excluding hydrogens is 240 g/mol. The number of hydrogen-bond donors (Lipinski definition) is 1. The standard InChI is InChI=1S/C15H18N2O2/c1-11(9-17-13-3-4-13)10-19-15-6-12(8-16)5-14(7-15)18-2/h5-7,13,17H,1,3-4,9-10H2,2H3. The van der Waals surface area contributed by atoms with E-state index in [-0.39, 0.29) is 0 Å². The smallest absolute Gasteiger partial charge is 0.124 e. The maximum atomic E-state index is 8.92. The molecule has 19 heavy (non-hydrogen) atoms. The molecule has 4 heteroatoms. The minimum absolute atomic E-state index is 0.442. The Morgan fingerprint density at radius 1 is 1.42 bits per heavy atom. The highest BCUT2D eigenvalue weighted by Crippen LogP contribution is 2.23. The first-order valence-corrected chi connectivity index (χ1v) is 6.33. The van der Waals surface area contributed by atoms with Crippen molar-refractivity contribution in [1.29, 1.82) is 5.26 Å². The van der Waals surface area contributed by atoms with Gasteiger partial charge in [0.2, 0.25) is 0 Å². The van der Waals surface area contributed by atoms with E-state index in [9.17, 15) is 0 Å². The molecule has 1 aromatic rings. The van der Waals surface area contributed by atoms with Gasteiger partial charge in [0.05, 0.1) is 18.7 Å². The van der Waals surface area contributed by atoms with Gasteiger partial charge in [-0.15, -0.1) is 0 Å². The van der Waals surface area contributed by atoms with E-state index in [4.69, 9.17) is 14.7 Å². The Morgan fingerprint density at radius 2 is 2.16 bits per heavy atom. The summed E-state index contributed by atoms with van der Waals surface area (Å²) in [5.41, 5.74) is 1.52. The van der Waals surface area contributed by atoms with E-state index in [2.05, 4.69) is 18.0 Å². The predicted molar refractivity (Wildman–Crippen MR) is 73.4 cm³/mol. The van der Waals surface area contributed by atoms with Gasteiger partial charge in [0.15, 0.2) is 0 Å². The molecule has 1 aliphatic carbocycles. The summed E-state index contributed by atoms with van der Waals surface area (Å²) in [6.07, 6.45) is 2.52. The molecule has 0 bridgehead atoms. The van der Waals surface area contributed by atoms with E-state index in [1.165, 1.54) is 12.8 Å². The molecule has 0 amide bonds. The van der Waals surface area contributed by atoms with Crippen LogP contribution in [-0.2, 0) is 0 Å². The summed E-state index contributed by atoms with van der Waals surface area (Å²) in [5, 5.41) is 12.3. The van der Waals surface area contributed by atoms with Crippen molar-refractivity contribution in [1.82, 2.24) is 5.32 Å². The molecule has 0 aliphatic heterocycles. The fourth-order valence-corrected chi connectivity index (χ4v) is 1.65. The van der Waals surface area contributed by atoms with Crippen molar-refractivity contribution in [3.63, 3.8) is 0 Å². The van der Waals surface area contributed by atoms with Gasteiger partial charge in [-0.3, -0.25) is 0 Å². The van der Waals surface area contributed by atoms with Crippen molar-refractivity contribution in [2.75, 3.05) is 20.3 Å². The lowest BCUT2D eigenvalue weighted by Gasteiger charge is -2.11. The number of ether oxygens (including phenoxy) is 2. The van der Waals surface area contributed by atoms with E-state index in [1.807, 2.05) is 0 Å². The van der Waals surface area contributed by atoms with Crippen LogP contribution in [-0.4, -0.2) is 26.3 Å². The first-order valence-electron chi connectivity index (χ1n) is 6.33. The van der Waals surface area contributed by atoms with Crippen molar-refractivity contribution in [2.45, 2.75) is 18.9 Å². The highest BCUT2D eigenvalue weighted by Gasteiger charge is 2.20. The first-order chi connectivity index (χ1) is 9.21. The summed E-state index contributed by atoms with van der Waals surface area (Å²) in [6, 6.07) is 7.89. The van der Waals surface area contributed by atoms with Gasteiger partial charge in [0.25, 0.3) is 0 Å². The fourth-order valence-electron chi connectivity index (χ4n) is 1.65. The number of benzene rings is 1. The van der Waals surface area contributed by atoms with Crippen molar-refractivity contribution in [2.24, 2.45) is 0 Å². The van der Waals surface area contributed by atoms with Crippen LogP contribution in [0.25, 0.3) is 0 Å². The maximum Gasteiger partial charge on any atom is 0.124 e. The summed E-state index contributed by atoms with van der Waals surface area (Å²) >= 11 is 0. The molecule has 1 saturated carbocycles. The average Bonchev–Trinajstić information content (AvgIpc) is 3.26. The third-order valence-corrected chi connectivity index (χ3v) is 2.91. The van der Waals surface area contributed by atoms with Gasteiger partial charge in [-0.05, 0) is 30.5 Å². The second kappa shape index (κ2) is 6.26. The summed E-state index contributed by atoms with van der Waals surface area (Å²) in [7, 11) is 1.57. The molecule has 2 rings (SSSR count). The van der Waals surface area contributed by atoms with Crippen LogP contribution in [0.4, 0.5) is 0 Å². The van der Waals surface area contributed by atoms with Gasteiger partial charge in [-0.1, -0.05) is 6.58 Å². The van der Waals surface area contributed by atoms with Crippen LogP contribution >= 0.6 is 0 Å². The Kier molecular flexibility index (Phi) is 4.43. The number of nitriles is 1. The molecule has 0 radical (unpaired) electrons. The normalized spacial score (nSPS) is 13.7. The van der Waals surface area contributed by atoms with Gasteiger partial charge in [0.1, 0.15) is 18.1 Å². The Bertz CT molecular complexity index is 501. The molecule has 1 fully saturated rings. The third-order valence-electron chi connectivity index (χ3n) is 2.91. The Balaban J connectivity index is 1.87. The van der Waals surface area contributed by atoms with Crippen LogP contribution in [0, 0.1) is 11.3 Å². The number of nitrogens with zero attached hydrogens (tertiary/aromatic N) is 1. The summed E-state index contributed by atoms with van der Waals surface area (Å²) in [5.74, 6) is 1.25. The van der Waals surface area contributed by atoms with E-state index in [1.54, 1.807) is 25.3 Å². The molecule has 0 aromatic heterocycles. The summed E-state index contributed by atoms with van der Waals surface area (Å²) < 4.78 is 10.8. The van der Waals surface area contributed by atoms with Crippen molar-refractivity contribution in [3.8, 4) is 17.6 Å². The van der Waals surface area contributed by atoms with Gasteiger partial charge in [-0.2, -0.15) is 5.26 Å². The van der Waals surface area contributed by atoms with Crippen LogP contribution in [0.1, 0.15) is 18.4 Å². The van der Waals surface area contributed by atoms with Crippen LogP contribution in [0.2, 0.25) is 0 Å². The average molecular weight is 258 g/mol. The molecule has 0 saturated heterocycles. The minimum Gasteiger partial charge on any atom is -0.497 e. The number of methoxy groups -OCH3 is 1. The van der Waals surface area contributed by atoms with Crippen LogP contribution < -0.4 is 14.8 Å². The van der Waals surface area contributed by atoms with E-state index < -0.39 is 0 Å². The van der Waals surface area contributed by atoms with Crippen LogP contribution in [0.5, 0.6) is 11.5 Å². The lowest BCUT2D eigenvalue weighted by atomic mass is 10.2. The number of nitrogens with one attached hydrogen (secondary N) is 1. The fraction of sp³-hybridized carbons (Fsp3) is 0.400. The van der Waals surface area contributed by atoms with Gasteiger partial charge < -0.3 is 14.8 Å². The lowest BCUT2D eigenvalue weighted by Crippen LogP contribution is -2.21. The molecule has 0 spiro atoms. The second-order valence-electron chi connectivity index (χ2n) is 4.70. The monoisotopic (exact) mass is 258 g/mol. The zero-order chi connectivity index (χ0) is 13.7. The SMILES string of the molecule is C=C(CNC1CC1)COc1cc(C#N)cc(OC)c1. The molecular formula is C15H18N2O2. The van der Waals surface area contributed by atoms with Gasteiger partial charge in [0, 0.05) is 18.7 Å². The molecule has 0 heterocycles. The topological polar surface area (TPSA) is 54.3 Å². The molecule has 0 unspecified atom stereocenters. The number of hydrogen-bond acceptors (Lipinski definition) is 4. The maximum absolute atomic E-state index is 8.92. The first kappa shape index (κ1) is 13.4. The quantitative estimate of drug-likeness (QED) is 0.762. The molecule has 1 aliphatic rings. The minimum atomic E-state index is 0.442. The van der Waals surface area contributed by atoms with Crippen LogP contribution in [0.15, 0.2) is 30.4 Å². The molecule has 1 N–H and O–H groups in total. The number of rotatable bonds is 7. The zero-order valence-electron chi connectivity index (χ0n) is 11.1. The van der Waals surface area contributed by atoms with E-state index >= 15 is 0 Å². The molecule has 0 atom stereocenters. The highest BCUT2D eigenvalue weighted by molar-refractivity contribution is 5.43. The van der Waals surface area contributed by atoms with E-state index in [0.717, 1.165) is 12.1 Å². The van der Waals surface area contributed by atoms with Crippen molar-refractivity contribution < 1.29 is 9.47 Å². The second-order valence-corrected chi connectivity index (χ2v) is 4.70. The highest BCUT2D eigenvalue weighted by atomic mass is 16.5. The van der Waals surface area contributed by atoms with Gasteiger partial charge in [-0.25, -0.2) is 0 Å². The third kappa shape index (κ3) is 4.31. The summed E-state index contributed by atoms with van der Waals surface area (Å²) in [6.45, 7) is 5.19. The Labute approximate surface area is 113 Å². The largest absolute Gasteiger partial charge is 0.497 e. The van der Waals surface area contributed by atoms with Gasteiger partial charge >= 0.3 is 0 Å². The predicted octanol–water partition coefficient (Wildman–Crippen LogP) is 2.25. The summed E-state index contributed by atoms with van der Waals surface area (Å²) in [4.78, 5) is 0. The Hall–Kier alpha value is -1.99. The Morgan fingerprint density at radius 3 is 2.79 bits per heavy atom. The van der Waals surface area contributed by atoms with Crippen molar-refractivity contribution >= 4 is 0 Å². The van der Waals surface area contributed by atoms with Crippen LogP contribution in [0.3, 0.4) is 0 Å². The lowest BCUT2D eigenvalue weighted by molar-refractivity contribution is 0.343. The zero-order valence-corrected chi connectivity index (χ0v) is 11.1. The molecule has 100 valence electrons. The van der Waals surface area contributed by atoms with Crippen molar-refractivity contribution in [3.05, 3.63) is 35.9 Å².